The van der Waals surface area contributed by atoms with Gasteiger partial charge in [0.1, 0.15) is 5.82 Å². The van der Waals surface area contributed by atoms with Crippen LogP contribution in [0, 0.1) is 12.7 Å². The number of halogens is 2. The molecule has 0 aliphatic rings. The van der Waals surface area contributed by atoms with E-state index in [1.165, 1.54) is 23.3 Å². The van der Waals surface area contributed by atoms with E-state index < -0.39 is 5.82 Å². The van der Waals surface area contributed by atoms with Gasteiger partial charge in [0.25, 0.3) is 5.91 Å². The van der Waals surface area contributed by atoms with Crippen LogP contribution >= 0.6 is 15.9 Å². The Balaban J connectivity index is 2.06. The van der Waals surface area contributed by atoms with E-state index in [0.29, 0.717) is 5.56 Å². The van der Waals surface area contributed by atoms with Crippen LogP contribution in [-0.2, 0) is 6.42 Å². The number of aryl methyl sites for hydroxylation is 1. The summed E-state index contributed by atoms with van der Waals surface area (Å²) in [4.78, 5) is 12.2. The molecular weight excluding hydrogens is 333 g/mol. The Morgan fingerprint density at radius 1 is 1.24 bits per heavy atom. The highest BCUT2D eigenvalue weighted by atomic mass is 79.9. The first-order valence-corrected chi connectivity index (χ1v) is 7.57. The second kappa shape index (κ2) is 6.85. The van der Waals surface area contributed by atoms with Crippen LogP contribution in [0.3, 0.4) is 0 Å². The van der Waals surface area contributed by atoms with Crippen molar-refractivity contribution in [1.82, 2.24) is 5.32 Å². The molecule has 0 aliphatic carbocycles. The van der Waals surface area contributed by atoms with Crippen molar-refractivity contribution in [3.63, 3.8) is 0 Å². The minimum absolute atomic E-state index is 0.0335. The standard InChI is InChI=1S/C17H17BrFNO/c1-11-6-3-4-7-13(11)10-12(2)20-17(21)14-8-5-9-15(19)16(14)18/h3-9,12H,10H2,1-2H3,(H,20,21). The van der Waals surface area contributed by atoms with E-state index in [2.05, 4.69) is 27.3 Å². The van der Waals surface area contributed by atoms with E-state index >= 15 is 0 Å². The Morgan fingerprint density at radius 3 is 2.67 bits per heavy atom. The van der Waals surface area contributed by atoms with Crippen molar-refractivity contribution in [1.29, 1.82) is 0 Å². The summed E-state index contributed by atoms with van der Waals surface area (Å²) in [7, 11) is 0. The molecule has 4 heteroatoms. The zero-order valence-corrected chi connectivity index (χ0v) is 13.6. The highest BCUT2D eigenvalue weighted by molar-refractivity contribution is 9.10. The van der Waals surface area contributed by atoms with E-state index in [-0.39, 0.29) is 16.4 Å². The fourth-order valence-electron chi connectivity index (χ4n) is 2.20. The maximum Gasteiger partial charge on any atom is 0.252 e. The Labute approximate surface area is 132 Å². The van der Waals surface area contributed by atoms with Gasteiger partial charge >= 0.3 is 0 Å². The van der Waals surface area contributed by atoms with Crippen molar-refractivity contribution in [3.8, 4) is 0 Å². The van der Waals surface area contributed by atoms with E-state index in [4.69, 9.17) is 0 Å². The second-order valence-electron chi connectivity index (χ2n) is 5.11. The van der Waals surface area contributed by atoms with Crippen LogP contribution in [0.1, 0.15) is 28.4 Å². The van der Waals surface area contributed by atoms with Gasteiger partial charge in [0.2, 0.25) is 0 Å². The van der Waals surface area contributed by atoms with E-state index in [9.17, 15) is 9.18 Å². The predicted molar refractivity (Wildman–Crippen MR) is 85.9 cm³/mol. The van der Waals surface area contributed by atoms with Gasteiger partial charge < -0.3 is 5.32 Å². The molecule has 21 heavy (non-hydrogen) atoms. The predicted octanol–water partition coefficient (Wildman–Crippen LogP) is 4.26. The molecule has 0 aromatic heterocycles. The second-order valence-corrected chi connectivity index (χ2v) is 5.90. The summed E-state index contributed by atoms with van der Waals surface area (Å²) < 4.78 is 13.6. The monoisotopic (exact) mass is 349 g/mol. The van der Waals surface area contributed by atoms with Crippen molar-refractivity contribution in [2.45, 2.75) is 26.3 Å². The van der Waals surface area contributed by atoms with Crippen LogP contribution in [0.5, 0.6) is 0 Å². The first-order chi connectivity index (χ1) is 9.99. The lowest BCUT2D eigenvalue weighted by atomic mass is 10.0. The summed E-state index contributed by atoms with van der Waals surface area (Å²) in [5, 5.41) is 2.90. The highest BCUT2D eigenvalue weighted by Crippen LogP contribution is 2.20. The minimum Gasteiger partial charge on any atom is -0.349 e. The number of hydrogen-bond donors (Lipinski definition) is 1. The van der Waals surface area contributed by atoms with Gasteiger partial charge in [-0.15, -0.1) is 0 Å². The van der Waals surface area contributed by atoms with Gasteiger partial charge in [-0.3, -0.25) is 4.79 Å². The molecule has 0 saturated heterocycles. The summed E-state index contributed by atoms with van der Waals surface area (Å²) in [5.41, 5.74) is 2.71. The third kappa shape index (κ3) is 3.91. The lowest BCUT2D eigenvalue weighted by molar-refractivity contribution is 0.0938. The Bertz CT molecular complexity index is 657. The average molecular weight is 350 g/mol. The maximum absolute atomic E-state index is 13.4. The molecule has 0 saturated carbocycles. The molecule has 0 bridgehead atoms. The summed E-state index contributed by atoms with van der Waals surface area (Å²) in [6.07, 6.45) is 0.741. The molecular formula is C17H17BrFNO. The number of amides is 1. The summed E-state index contributed by atoms with van der Waals surface area (Å²) in [6.45, 7) is 3.99. The van der Waals surface area contributed by atoms with Crippen LogP contribution in [0.4, 0.5) is 4.39 Å². The molecule has 2 aromatic rings. The third-order valence-corrected chi connectivity index (χ3v) is 4.17. The van der Waals surface area contributed by atoms with Crippen molar-refractivity contribution in [3.05, 3.63) is 69.4 Å². The maximum atomic E-state index is 13.4. The average Bonchev–Trinajstić information content (AvgIpc) is 2.44. The number of carbonyl (C=O) groups is 1. The number of rotatable bonds is 4. The summed E-state index contributed by atoms with van der Waals surface area (Å²) >= 11 is 3.11. The van der Waals surface area contributed by atoms with Crippen molar-refractivity contribution in [2.75, 3.05) is 0 Å². The van der Waals surface area contributed by atoms with E-state index in [1.54, 1.807) is 6.07 Å². The zero-order valence-electron chi connectivity index (χ0n) is 12.0. The first kappa shape index (κ1) is 15.7. The molecule has 2 nitrogen and oxygen atoms in total. The Hall–Kier alpha value is -1.68. The molecule has 1 unspecified atom stereocenters. The lowest BCUT2D eigenvalue weighted by Gasteiger charge is -2.16. The quantitative estimate of drug-likeness (QED) is 0.877. The van der Waals surface area contributed by atoms with Gasteiger partial charge in [-0.1, -0.05) is 30.3 Å². The Morgan fingerprint density at radius 2 is 1.95 bits per heavy atom. The molecule has 2 rings (SSSR count). The molecule has 1 amide bonds. The van der Waals surface area contributed by atoms with Gasteiger partial charge in [0.05, 0.1) is 10.0 Å². The van der Waals surface area contributed by atoms with Crippen LogP contribution in [0.15, 0.2) is 46.9 Å². The fourth-order valence-corrected chi connectivity index (χ4v) is 2.65. The molecule has 110 valence electrons. The Kier molecular flexibility index (Phi) is 5.12. The zero-order chi connectivity index (χ0) is 15.4. The van der Waals surface area contributed by atoms with Gasteiger partial charge in [-0.05, 0) is 59.5 Å². The summed E-state index contributed by atoms with van der Waals surface area (Å²) in [6, 6.07) is 12.5. The van der Waals surface area contributed by atoms with Crippen LogP contribution in [-0.4, -0.2) is 11.9 Å². The van der Waals surface area contributed by atoms with Crippen molar-refractivity contribution in [2.24, 2.45) is 0 Å². The number of carbonyl (C=O) groups excluding carboxylic acids is 1. The first-order valence-electron chi connectivity index (χ1n) is 6.78. The summed E-state index contributed by atoms with van der Waals surface area (Å²) in [5.74, 6) is -0.711. The van der Waals surface area contributed by atoms with Gasteiger partial charge in [-0.2, -0.15) is 0 Å². The van der Waals surface area contributed by atoms with Gasteiger partial charge in [0.15, 0.2) is 0 Å². The van der Waals surface area contributed by atoms with Crippen LogP contribution in [0.2, 0.25) is 0 Å². The SMILES string of the molecule is Cc1ccccc1CC(C)NC(=O)c1cccc(F)c1Br. The molecule has 0 radical (unpaired) electrons. The molecule has 0 spiro atoms. The van der Waals surface area contributed by atoms with Gasteiger partial charge in [0, 0.05) is 6.04 Å². The number of nitrogens with one attached hydrogen (secondary N) is 1. The lowest BCUT2D eigenvalue weighted by Crippen LogP contribution is -2.34. The normalized spacial score (nSPS) is 12.0. The molecule has 0 aliphatic heterocycles. The molecule has 1 atom stereocenters. The van der Waals surface area contributed by atoms with Crippen molar-refractivity contribution < 1.29 is 9.18 Å². The smallest absolute Gasteiger partial charge is 0.252 e. The van der Waals surface area contributed by atoms with Gasteiger partial charge in [-0.25, -0.2) is 4.39 Å². The number of benzene rings is 2. The van der Waals surface area contributed by atoms with E-state index in [1.807, 2.05) is 32.0 Å². The van der Waals surface area contributed by atoms with Crippen LogP contribution < -0.4 is 5.32 Å². The van der Waals surface area contributed by atoms with E-state index in [0.717, 1.165) is 6.42 Å². The number of hydrogen-bond acceptors (Lipinski definition) is 1. The largest absolute Gasteiger partial charge is 0.349 e. The highest BCUT2D eigenvalue weighted by Gasteiger charge is 2.15. The minimum atomic E-state index is -0.436. The topological polar surface area (TPSA) is 29.1 Å². The van der Waals surface area contributed by atoms with Crippen LogP contribution in [0.25, 0.3) is 0 Å². The molecule has 1 N–H and O–H groups in total. The molecule has 2 aromatic carbocycles. The molecule has 0 fully saturated rings. The third-order valence-electron chi connectivity index (χ3n) is 3.36. The fraction of sp³-hybridized carbons (Fsp3) is 0.235. The van der Waals surface area contributed by atoms with Crippen molar-refractivity contribution >= 4 is 21.8 Å². The molecule has 0 heterocycles.